The second-order valence-corrected chi connectivity index (χ2v) is 2.59. The summed E-state index contributed by atoms with van der Waals surface area (Å²) >= 11 is 0. The van der Waals surface area contributed by atoms with Crippen molar-refractivity contribution in [3.05, 3.63) is 12.2 Å². The molecule has 0 aromatic heterocycles. The van der Waals surface area contributed by atoms with Gasteiger partial charge in [-0.2, -0.15) is 8.42 Å². The molecule has 5 heteroatoms. The molecule has 0 rings (SSSR count). The number of hydrogen-bond acceptors (Lipinski definition) is 4. The van der Waals surface area contributed by atoms with Gasteiger partial charge in [-0.05, 0) is 6.42 Å². The Labute approximate surface area is 67.0 Å². The fourth-order valence-corrected chi connectivity index (χ4v) is 0.801. The van der Waals surface area contributed by atoms with Crippen LogP contribution in [-0.2, 0) is 20.0 Å². The number of thiol groups is 1. The maximum Gasteiger partial charge on any atom is 0.348 e. The van der Waals surface area contributed by atoms with Crippen molar-refractivity contribution in [3.8, 4) is 0 Å². The van der Waals surface area contributed by atoms with Crippen LogP contribution in [0.3, 0.4) is 0 Å². The molecule has 0 saturated carbocycles. The molecule has 0 unspecified atom stereocenters. The maximum absolute atomic E-state index is 10.6. The van der Waals surface area contributed by atoms with Gasteiger partial charge in [-0.25, -0.2) is 4.79 Å². The van der Waals surface area contributed by atoms with Crippen LogP contribution in [0.5, 0.6) is 0 Å². The molecule has 0 aliphatic rings. The smallest absolute Gasteiger partial charge is 0.343 e. The van der Waals surface area contributed by atoms with Crippen molar-refractivity contribution in [2.45, 2.75) is 19.8 Å². The van der Waals surface area contributed by atoms with Crippen LogP contribution in [0, 0.1) is 0 Å². The topological polar surface area (TPSA) is 60.4 Å². The average molecular weight is 178 g/mol. The third kappa shape index (κ3) is 4.55. The first-order chi connectivity index (χ1) is 5.07. The van der Waals surface area contributed by atoms with Gasteiger partial charge >= 0.3 is 17.0 Å². The van der Waals surface area contributed by atoms with Gasteiger partial charge in [-0.1, -0.05) is 19.9 Å². The molecule has 0 amide bonds. The normalized spacial score (nSPS) is 9.64. The van der Waals surface area contributed by atoms with E-state index in [9.17, 15) is 13.2 Å². The van der Waals surface area contributed by atoms with Gasteiger partial charge < -0.3 is 4.18 Å². The lowest BCUT2D eigenvalue weighted by Gasteiger charge is -1.97. The minimum atomic E-state index is -3.09. The Hall–Kier alpha value is -0.840. The third-order valence-corrected chi connectivity index (χ3v) is 1.31. The van der Waals surface area contributed by atoms with Crippen LogP contribution in [0.25, 0.3) is 0 Å². The van der Waals surface area contributed by atoms with Gasteiger partial charge in [0, 0.05) is 5.57 Å². The Morgan fingerprint density at radius 3 is 2.45 bits per heavy atom. The van der Waals surface area contributed by atoms with Crippen molar-refractivity contribution in [1.29, 1.82) is 0 Å². The van der Waals surface area contributed by atoms with E-state index in [1.807, 2.05) is 6.92 Å². The van der Waals surface area contributed by atoms with Gasteiger partial charge in [0.15, 0.2) is 0 Å². The molecule has 0 radical (unpaired) electrons. The summed E-state index contributed by atoms with van der Waals surface area (Å²) in [6.45, 7) is 5.21. The van der Waals surface area contributed by atoms with Crippen molar-refractivity contribution in [2.75, 3.05) is 0 Å². The van der Waals surface area contributed by atoms with Crippen LogP contribution in [0.15, 0.2) is 12.2 Å². The Morgan fingerprint density at radius 2 is 2.09 bits per heavy atom. The summed E-state index contributed by atoms with van der Waals surface area (Å²) < 4.78 is 23.6. The molecule has 11 heavy (non-hydrogen) atoms. The van der Waals surface area contributed by atoms with E-state index in [-0.39, 0.29) is 5.57 Å². The van der Waals surface area contributed by atoms with E-state index in [4.69, 9.17) is 0 Å². The molecule has 0 aromatic carbocycles. The van der Waals surface area contributed by atoms with Gasteiger partial charge in [0.1, 0.15) is 0 Å². The zero-order chi connectivity index (χ0) is 8.85. The lowest BCUT2D eigenvalue weighted by atomic mass is 10.2. The van der Waals surface area contributed by atoms with Crippen LogP contribution >= 0.6 is 0 Å². The fraction of sp³-hybridized carbons (Fsp3) is 0.500. The highest BCUT2D eigenvalue weighted by molar-refractivity contribution is 7.67. The Balaban J connectivity index is 3.93. The van der Waals surface area contributed by atoms with Gasteiger partial charge in [-0.15, -0.1) is 0 Å². The lowest BCUT2D eigenvalue weighted by molar-refractivity contribution is -0.129. The molecule has 0 saturated heterocycles. The molecule has 0 aliphatic carbocycles. The highest BCUT2D eigenvalue weighted by Crippen LogP contribution is 2.03. The van der Waals surface area contributed by atoms with E-state index < -0.39 is 17.0 Å². The highest BCUT2D eigenvalue weighted by Gasteiger charge is 2.07. The van der Waals surface area contributed by atoms with Gasteiger partial charge in [0.2, 0.25) is 0 Å². The van der Waals surface area contributed by atoms with Crippen molar-refractivity contribution in [1.82, 2.24) is 0 Å². The largest absolute Gasteiger partial charge is 0.348 e. The zero-order valence-electron chi connectivity index (χ0n) is 6.20. The molecule has 0 bridgehead atoms. The summed E-state index contributed by atoms with van der Waals surface area (Å²) in [5, 5.41) is 0. The van der Waals surface area contributed by atoms with E-state index in [0.717, 1.165) is 6.42 Å². The van der Waals surface area contributed by atoms with Crippen LogP contribution in [0.1, 0.15) is 19.8 Å². The Kier molecular flexibility index (Phi) is 4.52. The van der Waals surface area contributed by atoms with Crippen LogP contribution in [0.4, 0.5) is 0 Å². The standard InChI is InChI=1S/C6H10O4S/c1-3-4-5(2)6(7)10-11(8)9/h11H,2-4H2,1H3. The van der Waals surface area contributed by atoms with Crippen molar-refractivity contribution in [3.63, 3.8) is 0 Å². The third-order valence-electron chi connectivity index (χ3n) is 0.998. The molecule has 4 nitrogen and oxygen atoms in total. The summed E-state index contributed by atoms with van der Waals surface area (Å²) in [6.07, 6.45) is 1.20. The summed E-state index contributed by atoms with van der Waals surface area (Å²) in [4.78, 5) is 10.6. The molecule has 0 heterocycles. The van der Waals surface area contributed by atoms with Crippen molar-refractivity contribution < 1.29 is 17.4 Å². The highest BCUT2D eigenvalue weighted by atomic mass is 32.2. The minimum Gasteiger partial charge on any atom is -0.343 e. The van der Waals surface area contributed by atoms with E-state index in [1.54, 1.807) is 0 Å². The second-order valence-electron chi connectivity index (χ2n) is 1.96. The van der Waals surface area contributed by atoms with E-state index in [2.05, 4.69) is 10.8 Å². The summed E-state index contributed by atoms with van der Waals surface area (Å²) in [5.74, 6) is -0.858. The molecular formula is C6H10O4S. The predicted molar refractivity (Wildman–Crippen MR) is 40.5 cm³/mol. The number of carbonyl (C=O) groups is 1. The van der Waals surface area contributed by atoms with E-state index in [0.29, 0.717) is 6.42 Å². The predicted octanol–water partition coefficient (Wildman–Crippen LogP) is 0.412. The quantitative estimate of drug-likeness (QED) is 0.500. The SMILES string of the molecule is C=C(CCC)C(=O)O[SH](=O)=O. The zero-order valence-corrected chi connectivity index (χ0v) is 7.10. The number of carbonyl (C=O) groups excluding carboxylic acids is 1. The van der Waals surface area contributed by atoms with Crippen LogP contribution in [0.2, 0.25) is 0 Å². The first kappa shape index (κ1) is 10.2. The molecular weight excluding hydrogens is 168 g/mol. The monoisotopic (exact) mass is 178 g/mol. The van der Waals surface area contributed by atoms with Gasteiger partial charge in [-0.3, -0.25) is 0 Å². The summed E-state index contributed by atoms with van der Waals surface area (Å²) in [6, 6.07) is 0. The molecule has 0 N–H and O–H groups in total. The van der Waals surface area contributed by atoms with E-state index >= 15 is 0 Å². The Morgan fingerprint density at radius 1 is 1.55 bits per heavy atom. The first-order valence-electron chi connectivity index (χ1n) is 3.12. The average Bonchev–Trinajstić information content (AvgIpc) is 1.86. The van der Waals surface area contributed by atoms with Gasteiger partial charge in [0.25, 0.3) is 0 Å². The maximum atomic E-state index is 10.6. The number of hydrogen-bond donors (Lipinski definition) is 1. The summed E-state index contributed by atoms with van der Waals surface area (Å²) in [5.41, 5.74) is 0.187. The number of rotatable bonds is 4. The van der Waals surface area contributed by atoms with Crippen LogP contribution in [-0.4, -0.2) is 14.4 Å². The van der Waals surface area contributed by atoms with Crippen LogP contribution < -0.4 is 0 Å². The first-order valence-corrected chi connectivity index (χ1v) is 4.22. The minimum absolute atomic E-state index is 0.187. The lowest BCUT2D eigenvalue weighted by Crippen LogP contribution is -2.05. The van der Waals surface area contributed by atoms with E-state index in [1.165, 1.54) is 0 Å². The fourth-order valence-electron chi connectivity index (χ4n) is 0.536. The molecule has 0 aliphatic heterocycles. The molecule has 0 aromatic rings. The molecule has 0 spiro atoms. The second kappa shape index (κ2) is 4.90. The van der Waals surface area contributed by atoms with Crippen molar-refractivity contribution in [2.24, 2.45) is 0 Å². The van der Waals surface area contributed by atoms with Crippen molar-refractivity contribution >= 4 is 17.0 Å². The summed E-state index contributed by atoms with van der Waals surface area (Å²) in [7, 11) is -3.09. The molecule has 0 fully saturated rings. The molecule has 64 valence electrons. The Bertz CT molecular complexity index is 221. The molecule has 0 atom stereocenters. The van der Waals surface area contributed by atoms with Gasteiger partial charge in [0.05, 0.1) is 0 Å².